The fraction of sp³-hybridized carbons (Fsp3) is 0.258. The third-order valence-electron chi connectivity index (χ3n) is 7.40. The summed E-state index contributed by atoms with van der Waals surface area (Å²) >= 11 is 0.844. The highest BCUT2D eigenvalue weighted by molar-refractivity contribution is 8.18. The summed E-state index contributed by atoms with van der Waals surface area (Å²) in [4.78, 5) is 39.4. The van der Waals surface area contributed by atoms with Gasteiger partial charge in [-0.15, -0.1) is 13.2 Å². The van der Waals surface area contributed by atoms with Crippen molar-refractivity contribution in [3.63, 3.8) is 0 Å². The molecule has 226 valence electrons. The Bertz CT molecular complexity index is 1740. The molecule has 0 spiro atoms. The third kappa shape index (κ3) is 7.00. The van der Waals surface area contributed by atoms with Gasteiger partial charge >= 0.3 is 6.36 Å². The van der Waals surface area contributed by atoms with Gasteiger partial charge in [-0.1, -0.05) is 30.3 Å². The van der Waals surface area contributed by atoms with Gasteiger partial charge in [-0.2, -0.15) is 0 Å². The van der Waals surface area contributed by atoms with E-state index in [1.54, 1.807) is 30.5 Å². The number of hydrogen-bond acceptors (Lipinski definition) is 9. The number of carbonyl (C=O) groups excluding carboxylic acids is 2. The molecule has 2 N–H and O–H groups in total. The highest BCUT2D eigenvalue weighted by atomic mass is 32.2. The predicted octanol–water partition coefficient (Wildman–Crippen LogP) is 5.92. The molecular formula is C31H27F3N6O3S. The van der Waals surface area contributed by atoms with Crippen LogP contribution in [0.15, 0.2) is 71.8 Å². The van der Waals surface area contributed by atoms with Crippen LogP contribution in [0.3, 0.4) is 0 Å². The maximum Gasteiger partial charge on any atom is 0.573 e. The second-order valence-corrected chi connectivity index (χ2v) is 11.4. The van der Waals surface area contributed by atoms with Gasteiger partial charge in [-0.25, -0.2) is 15.0 Å². The molecule has 2 amide bonds. The fourth-order valence-electron chi connectivity index (χ4n) is 5.30. The number of aromatic nitrogens is 3. The number of piperidine rings is 1. The summed E-state index contributed by atoms with van der Waals surface area (Å²) in [7, 11) is 0. The Hall–Kier alpha value is -4.49. The number of nitrogens with one attached hydrogen (secondary N) is 2. The number of nitrogens with zero attached hydrogens (tertiary/aromatic N) is 4. The molecule has 9 nitrogen and oxygen atoms in total. The van der Waals surface area contributed by atoms with Crippen molar-refractivity contribution in [1.29, 1.82) is 0 Å². The van der Waals surface area contributed by atoms with Crippen LogP contribution in [0.2, 0.25) is 0 Å². The largest absolute Gasteiger partial charge is 0.573 e. The summed E-state index contributed by atoms with van der Waals surface area (Å²) in [6, 6.07) is 17.2. The molecule has 2 fully saturated rings. The van der Waals surface area contributed by atoms with E-state index in [0.29, 0.717) is 46.8 Å². The lowest BCUT2D eigenvalue weighted by molar-refractivity contribution is -0.274. The number of amides is 2. The summed E-state index contributed by atoms with van der Waals surface area (Å²) in [5.74, 6) is 0.211. The minimum Gasteiger partial charge on any atom is -0.405 e. The van der Waals surface area contributed by atoms with Crippen molar-refractivity contribution in [2.24, 2.45) is 5.92 Å². The predicted molar refractivity (Wildman–Crippen MR) is 162 cm³/mol. The quantitative estimate of drug-likeness (QED) is 0.232. The standard InChI is InChI=1S/C31H27F3N6O3S/c32-31(33,34)43-25-8-4-2-6-23(25)27-21(15-20-5-1-3-7-24(20)38-27)18-35-17-19-10-13-40(14-11-19)29-36-12-9-22(37-29)16-26-28(41)39-30(42)44-26/h1-9,12,15-16,19,35H,10-11,13-14,17-18H2,(H,39,41,42). The molecule has 44 heavy (non-hydrogen) atoms. The second-order valence-electron chi connectivity index (χ2n) is 10.4. The van der Waals surface area contributed by atoms with E-state index in [1.807, 2.05) is 30.3 Å². The number of rotatable bonds is 8. The Morgan fingerprint density at radius 1 is 1.05 bits per heavy atom. The lowest BCUT2D eigenvalue weighted by atomic mass is 9.96. The normalized spacial score (nSPS) is 17.0. The van der Waals surface area contributed by atoms with E-state index in [-0.39, 0.29) is 11.3 Å². The molecule has 2 aromatic heterocycles. The van der Waals surface area contributed by atoms with E-state index in [9.17, 15) is 22.8 Å². The number of hydrogen-bond donors (Lipinski definition) is 2. The zero-order valence-corrected chi connectivity index (χ0v) is 24.1. The van der Waals surface area contributed by atoms with E-state index in [4.69, 9.17) is 4.98 Å². The molecule has 6 rings (SSSR count). The van der Waals surface area contributed by atoms with Gasteiger partial charge in [0.05, 0.1) is 21.8 Å². The number of imide groups is 1. The molecule has 0 radical (unpaired) electrons. The Labute approximate surface area is 254 Å². The monoisotopic (exact) mass is 620 g/mol. The van der Waals surface area contributed by atoms with Crippen molar-refractivity contribution in [1.82, 2.24) is 25.6 Å². The molecular weight excluding hydrogens is 593 g/mol. The molecule has 2 aliphatic rings. The summed E-state index contributed by atoms with van der Waals surface area (Å²) < 4.78 is 43.8. The highest BCUT2D eigenvalue weighted by Crippen LogP contribution is 2.36. The third-order valence-corrected chi connectivity index (χ3v) is 8.21. The lowest BCUT2D eigenvalue weighted by Gasteiger charge is -2.32. The first kappa shape index (κ1) is 29.6. The first-order valence-electron chi connectivity index (χ1n) is 14.0. The van der Waals surface area contributed by atoms with Crippen molar-refractivity contribution >= 4 is 45.8 Å². The summed E-state index contributed by atoms with van der Waals surface area (Å²) in [6.45, 7) is 2.62. The molecule has 13 heteroatoms. The van der Waals surface area contributed by atoms with Crippen LogP contribution in [-0.4, -0.2) is 52.1 Å². The van der Waals surface area contributed by atoms with Crippen LogP contribution in [0.25, 0.3) is 28.2 Å². The molecule has 2 aromatic carbocycles. The number of para-hydroxylation sites is 2. The minimum absolute atomic E-state index is 0.275. The van der Waals surface area contributed by atoms with Gasteiger partial charge in [-0.3, -0.25) is 14.9 Å². The number of ether oxygens (including phenoxy) is 1. The maximum atomic E-state index is 13.2. The van der Waals surface area contributed by atoms with Gasteiger partial charge in [0.1, 0.15) is 5.75 Å². The first-order chi connectivity index (χ1) is 21.2. The molecule has 4 heterocycles. The number of thioether (sulfide) groups is 1. The molecule has 0 atom stereocenters. The molecule has 2 saturated heterocycles. The Morgan fingerprint density at radius 2 is 1.82 bits per heavy atom. The Morgan fingerprint density at radius 3 is 2.59 bits per heavy atom. The van der Waals surface area contributed by atoms with Crippen molar-refractivity contribution in [3.05, 3.63) is 83.0 Å². The van der Waals surface area contributed by atoms with Gasteiger partial charge in [0.2, 0.25) is 5.95 Å². The highest BCUT2D eigenvalue weighted by Gasteiger charge is 2.32. The van der Waals surface area contributed by atoms with Gasteiger partial charge in [-0.05, 0) is 79.0 Å². The van der Waals surface area contributed by atoms with E-state index < -0.39 is 17.5 Å². The molecule has 0 saturated carbocycles. The number of carbonyl (C=O) groups is 2. The summed E-state index contributed by atoms with van der Waals surface area (Å²) in [6.07, 6.45) is 0.167. The van der Waals surface area contributed by atoms with E-state index in [1.165, 1.54) is 12.1 Å². The fourth-order valence-corrected chi connectivity index (χ4v) is 5.97. The number of halogens is 3. The second kappa shape index (κ2) is 12.6. The SMILES string of the molecule is O=C1NC(=O)C(=Cc2ccnc(N3CCC(CNCc4cc5ccccc5nc4-c4ccccc4OC(F)(F)F)CC3)n2)S1. The van der Waals surface area contributed by atoms with Gasteiger partial charge in [0.25, 0.3) is 11.1 Å². The van der Waals surface area contributed by atoms with Crippen LogP contribution < -0.4 is 20.3 Å². The average Bonchev–Trinajstić information content (AvgIpc) is 3.32. The van der Waals surface area contributed by atoms with Crippen molar-refractivity contribution in [3.8, 4) is 17.0 Å². The molecule has 2 aliphatic heterocycles. The van der Waals surface area contributed by atoms with Gasteiger partial charge in [0, 0.05) is 36.8 Å². The van der Waals surface area contributed by atoms with E-state index >= 15 is 0 Å². The summed E-state index contributed by atoms with van der Waals surface area (Å²) in [5, 5.41) is 6.22. The lowest BCUT2D eigenvalue weighted by Crippen LogP contribution is -2.38. The first-order valence-corrected chi connectivity index (χ1v) is 14.8. The molecule has 0 bridgehead atoms. The maximum absolute atomic E-state index is 13.2. The zero-order chi connectivity index (χ0) is 30.7. The number of anilines is 1. The Balaban J connectivity index is 1.11. The van der Waals surface area contributed by atoms with Crippen LogP contribution in [-0.2, 0) is 11.3 Å². The average molecular weight is 621 g/mol. The van der Waals surface area contributed by atoms with Crippen LogP contribution >= 0.6 is 11.8 Å². The number of fused-ring (bicyclic) bond motifs is 1. The van der Waals surface area contributed by atoms with Crippen LogP contribution in [0, 0.1) is 5.92 Å². The van der Waals surface area contributed by atoms with Crippen molar-refractivity contribution in [2.75, 3.05) is 24.5 Å². The minimum atomic E-state index is -4.82. The van der Waals surface area contributed by atoms with Gasteiger partial charge < -0.3 is 15.0 Å². The number of benzene rings is 2. The molecule has 0 unspecified atom stereocenters. The number of alkyl halides is 3. The summed E-state index contributed by atoms with van der Waals surface area (Å²) in [5.41, 5.74) is 2.72. The Kier molecular flexibility index (Phi) is 8.49. The van der Waals surface area contributed by atoms with E-state index in [2.05, 4.69) is 30.2 Å². The van der Waals surface area contributed by atoms with Gasteiger partial charge in [0.15, 0.2) is 0 Å². The number of pyridine rings is 1. The van der Waals surface area contributed by atoms with Crippen LogP contribution in [0.5, 0.6) is 5.75 Å². The molecule has 0 aliphatic carbocycles. The topological polar surface area (TPSA) is 109 Å². The van der Waals surface area contributed by atoms with Crippen molar-refractivity contribution < 1.29 is 27.5 Å². The smallest absolute Gasteiger partial charge is 0.405 e. The zero-order valence-electron chi connectivity index (χ0n) is 23.3. The van der Waals surface area contributed by atoms with Crippen LogP contribution in [0.1, 0.15) is 24.1 Å². The molecule has 4 aromatic rings. The van der Waals surface area contributed by atoms with Crippen LogP contribution in [0.4, 0.5) is 23.9 Å². The van der Waals surface area contributed by atoms with E-state index in [0.717, 1.165) is 48.6 Å². The van der Waals surface area contributed by atoms with Crippen molar-refractivity contribution in [2.45, 2.75) is 25.7 Å².